The highest BCUT2D eigenvalue weighted by Crippen LogP contribution is 2.30. The van der Waals surface area contributed by atoms with Crippen molar-refractivity contribution in [1.82, 2.24) is 4.98 Å². The third-order valence-corrected chi connectivity index (χ3v) is 5.09. The Morgan fingerprint density at radius 2 is 1.91 bits per heavy atom. The largest absolute Gasteiger partial charge is 0.318 e. The molecule has 2 aromatic heterocycles. The number of aromatic nitrogens is 1. The molecule has 0 atom stereocenters. The van der Waals surface area contributed by atoms with Crippen LogP contribution in [0.15, 0.2) is 36.4 Å². The second kappa shape index (κ2) is 5.86. The van der Waals surface area contributed by atoms with Crippen LogP contribution in [0.5, 0.6) is 0 Å². The number of anilines is 2. The number of para-hydroxylation sites is 1. The van der Waals surface area contributed by atoms with E-state index in [1.165, 1.54) is 34.5 Å². The van der Waals surface area contributed by atoms with Crippen molar-refractivity contribution in [3.8, 4) is 0 Å². The summed E-state index contributed by atoms with van der Waals surface area (Å²) in [5.41, 5.74) is 0.882. The van der Waals surface area contributed by atoms with Crippen molar-refractivity contribution in [2.24, 2.45) is 0 Å². The standard InChI is InChI=1S/C15H13N3O2S2/c1-9(19)16-13-8-7-12(21-13)14(20)18(2)15-17-10-5-3-4-6-11(10)22-15/h3-8H,1-2H3,(H,16,19). The molecule has 0 aliphatic carbocycles. The molecular weight excluding hydrogens is 318 g/mol. The van der Waals surface area contributed by atoms with Gasteiger partial charge in [-0.2, -0.15) is 0 Å². The summed E-state index contributed by atoms with van der Waals surface area (Å²) >= 11 is 2.73. The Balaban J connectivity index is 1.84. The van der Waals surface area contributed by atoms with Gasteiger partial charge in [0.1, 0.15) is 0 Å². The predicted octanol–water partition coefficient (Wildman–Crippen LogP) is 3.59. The number of thiazole rings is 1. The van der Waals surface area contributed by atoms with Crippen LogP contribution in [0.3, 0.4) is 0 Å². The molecule has 0 fully saturated rings. The SMILES string of the molecule is CC(=O)Nc1ccc(C(=O)N(C)c2nc3ccccc3s2)s1. The van der Waals surface area contributed by atoms with Crippen molar-refractivity contribution in [2.75, 3.05) is 17.3 Å². The third-order valence-electron chi connectivity index (χ3n) is 2.99. The summed E-state index contributed by atoms with van der Waals surface area (Å²) in [5, 5.41) is 3.99. The second-order valence-electron chi connectivity index (χ2n) is 4.67. The molecule has 0 spiro atoms. The van der Waals surface area contributed by atoms with Crippen LogP contribution in [0.25, 0.3) is 10.2 Å². The van der Waals surface area contributed by atoms with Gasteiger partial charge in [-0.05, 0) is 24.3 Å². The highest BCUT2D eigenvalue weighted by atomic mass is 32.1. The Morgan fingerprint density at radius 1 is 1.14 bits per heavy atom. The quantitative estimate of drug-likeness (QED) is 0.798. The summed E-state index contributed by atoms with van der Waals surface area (Å²) in [6.45, 7) is 1.44. The van der Waals surface area contributed by atoms with Gasteiger partial charge in [-0.1, -0.05) is 23.5 Å². The van der Waals surface area contributed by atoms with E-state index in [9.17, 15) is 9.59 Å². The number of thiophene rings is 1. The zero-order chi connectivity index (χ0) is 15.7. The number of benzene rings is 1. The van der Waals surface area contributed by atoms with Crippen molar-refractivity contribution >= 4 is 54.8 Å². The van der Waals surface area contributed by atoms with Crippen molar-refractivity contribution in [2.45, 2.75) is 6.92 Å². The van der Waals surface area contributed by atoms with Crippen molar-refractivity contribution in [3.63, 3.8) is 0 Å². The number of nitrogens with one attached hydrogen (secondary N) is 1. The minimum absolute atomic E-state index is 0.138. The molecule has 0 saturated heterocycles. The average Bonchev–Trinajstić information content (AvgIpc) is 3.11. The van der Waals surface area contributed by atoms with Gasteiger partial charge >= 0.3 is 0 Å². The van der Waals surface area contributed by atoms with Gasteiger partial charge in [0.2, 0.25) is 5.91 Å². The summed E-state index contributed by atoms with van der Waals surface area (Å²) in [7, 11) is 1.71. The lowest BCUT2D eigenvalue weighted by atomic mass is 10.3. The van der Waals surface area contributed by atoms with E-state index in [4.69, 9.17) is 0 Å². The fourth-order valence-corrected chi connectivity index (χ4v) is 3.80. The van der Waals surface area contributed by atoms with E-state index in [2.05, 4.69) is 10.3 Å². The summed E-state index contributed by atoms with van der Waals surface area (Å²) in [5.74, 6) is -0.291. The molecular formula is C15H13N3O2S2. The molecule has 0 saturated carbocycles. The van der Waals surface area contributed by atoms with E-state index >= 15 is 0 Å². The van der Waals surface area contributed by atoms with E-state index in [-0.39, 0.29) is 11.8 Å². The van der Waals surface area contributed by atoms with Crippen LogP contribution in [0.1, 0.15) is 16.6 Å². The molecule has 0 aliphatic rings. The van der Waals surface area contributed by atoms with E-state index in [0.29, 0.717) is 15.0 Å². The monoisotopic (exact) mass is 331 g/mol. The molecule has 112 valence electrons. The van der Waals surface area contributed by atoms with Crippen LogP contribution < -0.4 is 10.2 Å². The molecule has 0 radical (unpaired) electrons. The molecule has 5 nitrogen and oxygen atoms in total. The van der Waals surface area contributed by atoms with Crippen LogP contribution in [0, 0.1) is 0 Å². The smallest absolute Gasteiger partial charge is 0.269 e. The summed E-state index contributed by atoms with van der Waals surface area (Å²) in [6, 6.07) is 11.2. The highest BCUT2D eigenvalue weighted by Gasteiger charge is 2.19. The maximum Gasteiger partial charge on any atom is 0.269 e. The van der Waals surface area contributed by atoms with Gasteiger partial charge in [0, 0.05) is 14.0 Å². The molecule has 0 unspecified atom stereocenters. The van der Waals surface area contributed by atoms with Crippen LogP contribution in [-0.4, -0.2) is 23.8 Å². The molecule has 2 amide bonds. The lowest BCUT2D eigenvalue weighted by molar-refractivity contribution is -0.114. The Hall–Kier alpha value is -2.25. The lowest BCUT2D eigenvalue weighted by Crippen LogP contribution is -2.25. The molecule has 7 heteroatoms. The first-order valence-corrected chi connectivity index (χ1v) is 8.19. The Labute approximate surface area is 135 Å². The van der Waals surface area contributed by atoms with E-state index < -0.39 is 0 Å². The molecule has 1 N–H and O–H groups in total. The maximum absolute atomic E-state index is 12.5. The fraction of sp³-hybridized carbons (Fsp3) is 0.133. The van der Waals surface area contributed by atoms with Crippen LogP contribution in [0.2, 0.25) is 0 Å². The minimum atomic E-state index is -0.152. The summed E-state index contributed by atoms with van der Waals surface area (Å²) in [4.78, 5) is 30.1. The first-order chi connectivity index (χ1) is 10.5. The normalized spacial score (nSPS) is 10.6. The molecule has 0 bridgehead atoms. The molecule has 1 aromatic carbocycles. The third kappa shape index (κ3) is 2.86. The van der Waals surface area contributed by atoms with Gasteiger partial charge in [-0.15, -0.1) is 11.3 Å². The van der Waals surface area contributed by atoms with Crippen LogP contribution in [-0.2, 0) is 4.79 Å². The predicted molar refractivity (Wildman–Crippen MR) is 91.0 cm³/mol. The van der Waals surface area contributed by atoms with E-state index in [1.807, 2.05) is 24.3 Å². The Morgan fingerprint density at radius 3 is 2.64 bits per heavy atom. The van der Waals surface area contributed by atoms with Gasteiger partial charge in [0.25, 0.3) is 5.91 Å². The first-order valence-electron chi connectivity index (χ1n) is 6.55. The lowest BCUT2D eigenvalue weighted by Gasteiger charge is -2.11. The Bertz CT molecular complexity index is 820. The fourth-order valence-electron chi connectivity index (χ4n) is 1.95. The Kier molecular flexibility index (Phi) is 3.91. The zero-order valence-electron chi connectivity index (χ0n) is 12.0. The molecule has 3 aromatic rings. The molecule has 0 aliphatic heterocycles. The molecule has 3 rings (SSSR count). The van der Waals surface area contributed by atoms with Gasteiger partial charge < -0.3 is 5.32 Å². The molecule has 22 heavy (non-hydrogen) atoms. The first kappa shape index (κ1) is 14.7. The van der Waals surface area contributed by atoms with Crippen LogP contribution >= 0.6 is 22.7 Å². The number of hydrogen-bond donors (Lipinski definition) is 1. The highest BCUT2D eigenvalue weighted by molar-refractivity contribution is 7.22. The van der Waals surface area contributed by atoms with E-state index in [1.54, 1.807) is 19.2 Å². The number of amides is 2. The van der Waals surface area contributed by atoms with Crippen molar-refractivity contribution < 1.29 is 9.59 Å². The van der Waals surface area contributed by atoms with Crippen LogP contribution in [0.4, 0.5) is 10.1 Å². The number of hydrogen-bond acceptors (Lipinski definition) is 5. The number of fused-ring (bicyclic) bond motifs is 1. The number of carbonyl (C=O) groups excluding carboxylic acids is 2. The van der Waals surface area contributed by atoms with E-state index in [0.717, 1.165) is 10.2 Å². The zero-order valence-corrected chi connectivity index (χ0v) is 13.6. The van der Waals surface area contributed by atoms with Gasteiger partial charge in [0.05, 0.1) is 20.1 Å². The van der Waals surface area contributed by atoms with Gasteiger partial charge in [0.15, 0.2) is 5.13 Å². The van der Waals surface area contributed by atoms with Crippen molar-refractivity contribution in [1.29, 1.82) is 0 Å². The maximum atomic E-state index is 12.5. The minimum Gasteiger partial charge on any atom is -0.318 e. The molecule has 2 heterocycles. The second-order valence-corrected chi connectivity index (χ2v) is 6.77. The average molecular weight is 331 g/mol. The van der Waals surface area contributed by atoms with Crippen molar-refractivity contribution in [3.05, 3.63) is 41.3 Å². The summed E-state index contributed by atoms with van der Waals surface area (Å²) in [6.07, 6.45) is 0. The number of nitrogens with zero attached hydrogens (tertiary/aromatic N) is 2. The number of carbonyl (C=O) groups is 2. The summed E-state index contributed by atoms with van der Waals surface area (Å²) < 4.78 is 1.04. The topological polar surface area (TPSA) is 62.3 Å². The number of rotatable bonds is 3. The van der Waals surface area contributed by atoms with Gasteiger partial charge in [-0.3, -0.25) is 14.5 Å². The van der Waals surface area contributed by atoms with Gasteiger partial charge in [-0.25, -0.2) is 4.98 Å².